The summed E-state index contributed by atoms with van der Waals surface area (Å²) < 4.78 is 16.0. The Hall–Kier alpha value is -3.06. The average molecular weight is 414 g/mol. The van der Waals surface area contributed by atoms with Gasteiger partial charge in [-0.25, -0.2) is 0 Å². The third-order valence-corrected chi connectivity index (χ3v) is 5.25. The van der Waals surface area contributed by atoms with Crippen LogP contribution in [0.2, 0.25) is 5.02 Å². The summed E-state index contributed by atoms with van der Waals surface area (Å²) in [6.45, 7) is 2.40. The Kier molecular flexibility index (Phi) is 5.15. The first-order valence-electron chi connectivity index (χ1n) is 9.12. The zero-order valence-electron chi connectivity index (χ0n) is 16.3. The maximum atomic E-state index is 12.6. The van der Waals surface area contributed by atoms with E-state index in [0.29, 0.717) is 40.5 Å². The maximum absolute atomic E-state index is 12.6. The minimum absolute atomic E-state index is 0.0216. The van der Waals surface area contributed by atoms with E-state index in [0.717, 1.165) is 11.1 Å². The number of carbonyl (C=O) groups excluding carboxylic acids is 1. The number of rotatable bonds is 5. The minimum atomic E-state index is -0.193. The highest BCUT2D eigenvalue weighted by molar-refractivity contribution is 6.34. The van der Waals surface area contributed by atoms with E-state index in [1.54, 1.807) is 31.3 Å². The molecule has 1 aliphatic rings. The fourth-order valence-corrected chi connectivity index (χ4v) is 3.77. The van der Waals surface area contributed by atoms with Crippen molar-refractivity contribution in [3.8, 4) is 22.9 Å². The molecule has 0 aliphatic carbocycles. The number of carbonyl (C=O) groups is 1. The largest absolute Gasteiger partial charge is 0.493 e. The first-order chi connectivity index (χ1) is 14.0. The minimum Gasteiger partial charge on any atom is -0.493 e. The van der Waals surface area contributed by atoms with Crippen LogP contribution in [0.4, 0.5) is 5.69 Å². The lowest BCUT2D eigenvalue weighted by molar-refractivity contribution is -0.117. The molecule has 3 aromatic rings. The maximum Gasteiger partial charge on any atom is 0.232 e. The van der Waals surface area contributed by atoms with E-state index in [2.05, 4.69) is 10.1 Å². The second-order valence-electron chi connectivity index (χ2n) is 6.89. The Labute approximate surface area is 173 Å². The number of amides is 1. The van der Waals surface area contributed by atoms with Crippen LogP contribution in [0, 0.1) is 6.92 Å². The molecule has 1 amide bonds. The first-order valence-corrected chi connectivity index (χ1v) is 9.50. The molecule has 2 aromatic carbocycles. The van der Waals surface area contributed by atoms with Gasteiger partial charge in [0.25, 0.3) is 0 Å². The van der Waals surface area contributed by atoms with Gasteiger partial charge in [0.05, 0.1) is 30.8 Å². The van der Waals surface area contributed by atoms with Crippen molar-refractivity contribution in [2.24, 2.45) is 0 Å². The normalized spacial score (nSPS) is 16.3. The molecule has 8 heteroatoms. The SMILES string of the molecule is COc1ccc(-c2noc(C3CC(=O)N(c4ccc(C)cc4Cl)C3)n2)cc1OC. The molecule has 0 bridgehead atoms. The van der Waals surface area contributed by atoms with Crippen molar-refractivity contribution in [3.05, 3.63) is 52.9 Å². The van der Waals surface area contributed by atoms with Gasteiger partial charge in [-0.2, -0.15) is 4.98 Å². The second-order valence-corrected chi connectivity index (χ2v) is 7.29. The molecule has 0 N–H and O–H groups in total. The zero-order chi connectivity index (χ0) is 20.5. The number of benzene rings is 2. The molecule has 1 aromatic heterocycles. The van der Waals surface area contributed by atoms with Crippen LogP contribution in [0.1, 0.15) is 23.8 Å². The molecular weight excluding hydrogens is 394 g/mol. The number of anilines is 1. The van der Waals surface area contributed by atoms with Crippen LogP contribution in [0.3, 0.4) is 0 Å². The molecule has 150 valence electrons. The zero-order valence-corrected chi connectivity index (χ0v) is 17.1. The van der Waals surface area contributed by atoms with Crippen molar-refractivity contribution >= 4 is 23.2 Å². The van der Waals surface area contributed by atoms with Crippen LogP contribution >= 0.6 is 11.6 Å². The van der Waals surface area contributed by atoms with Crippen molar-refractivity contribution in [2.45, 2.75) is 19.3 Å². The summed E-state index contributed by atoms with van der Waals surface area (Å²) in [6, 6.07) is 11.0. The van der Waals surface area contributed by atoms with Crippen LogP contribution in [-0.2, 0) is 4.79 Å². The molecule has 1 saturated heterocycles. The summed E-state index contributed by atoms with van der Waals surface area (Å²) in [5, 5.41) is 4.63. The Bertz CT molecular complexity index is 1070. The van der Waals surface area contributed by atoms with Crippen LogP contribution in [0.25, 0.3) is 11.4 Å². The molecule has 0 spiro atoms. The number of hydrogen-bond donors (Lipinski definition) is 0. The third-order valence-electron chi connectivity index (χ3n) is 4.95. The van der Waals surface area contributed by atoms with E-state index in [-0.39, 0.29) is 18.2 Å². The Morgan fingerprint density at radius 1 is 1.14 bits per heavy atom. The van der Waals surface area contributed by atoms with Gasteiger partial charge in [0, 0.05) is 18.5 Å². The number of nitrogens with zero attached hydrogens (tertiary/aromatic N) is 3. The lowest BCUT2D eigenvalue weighted by Gasteiger charge is -2.18. The van der Waals surface area contributed by atoms with Crippen molar-refractivity contribution in [3.63, 3.8) is 0 Å². The summed E-state index contributed by atoms with van der Waals surface area (Å²) in [7, 11) is 3.14. The summed E-state index contributed by atoms with van der Waals surface area (Å²) in [5.74, 6) is 1.83. The van der Waals surface area contributed by atoms with Gasteiger partial charge >= 0.3 is 0 Å². The first kappa shape index (κ1) is 19.3. The fraction of sp³-hybridized carbons (Fsp3) is 0.286. The molecule has 1 aliphatic heterocycles. The van der Waals surface area contributed by atoms with Crippen molar-refractivity contribution in [1.29, 1.82) is 0 Å². The highest BCUT2D eigenvalue weighted by atomic mass is 35.5. The molecule has 1 atom stereocenters. The van der Waals surface area contributed by atoms with E-state index in [1.807, 2.05) is 31.2 Å². The Morgan fingerprint density at radius 3 is 2.66 bits per heavy atom. The summed E-state index contributed by atoms with van der Waals surface area (Å²) >= 11 is 6.34. The van der Waals surface area contributed by atoms with Crippen LogP contribution in [0.5, 0.6) is 11.5 Å². The molecule has 2 heterocycles. The Balaban J connectivity index is 1.57. The predicted molar refractivity (Wildman–Crippen MR) is 109 cm³/mol. The number of aryl methyl sites for hydroxylation is 1. The summed E-state index contributed by atoms with van der Waals surface area (Å²) in [5.41, 5.74) is 2.48. The number of aromatic nitrogens is 2. The molecule has 1 unspecified atom stereocenters. The topological polar surface area (TPSA) is 77.7 Å². The van der Waals surface area contributed by atoms with Crippen molar-refractivity contribution < 1.29 is 18.8 Å². The molecule has 0 saturated carbocycles. The van der Waals surface area contributed by atoms with Gasteiger partial charge in [-0.15, -0.1) is 0 Å². The molecule has 7 nitrogen and oxygen atoms in total. The fourth-order valence-electron chi connectivity index (χ4n) is 3.43. The van der Waals surface area contributed by atoms with Gasteiger partial charge in [-0.1, -0.05) is 22.8 Å². The molecular formula is C21H20ClN3O4. The van der Waals surface area contributed by atoms with Gasteiger partial charge in [0.1, 0.15) is 0 Å². The van der Waals surface area contributed by atoms with Gasteiger partial charge in [0.15, 0.2) is 11.5 Å². The van der Waals surface area contributed by atoms with E-state index < -0.39 is 0 Å². The van der Waals surface area contributed by atoms with Crippen LogP contribution in [0.15, 0.2) is 40.9 Å². The number of hydrogen-bond acceptors (Lipinski definition) is 6. The molecule has 4 rings (SSSR count). The quantitative estimate of drug-likeness (QED) is 0.622. The highest BCUT2D eigenvalue weighted by Gasteiger charge is 2.36. The molecule has 0 radical (unpaired) electrons. The van der Waals surface area contributed by atoms with Gasteiger partial charge < -0.3 is 18.9 Å². The smallest absolute Gasteiger partial charge is 0.232 e. The highest BCUT2D eigenvalue weighted by Crippen LogP contribution is 2.36. The third kappa shape index (κ3) is 3.65. The molecule has 1 fully saturated rings. The predicted octanol–water partition coefficient (Wildman–Crippen LogP) is 4.24. The van der Waals surface area contributed by atoms with Gasteiger partial charge in [0.2, 0.25) is 17.6 Å². The summed E-state index contributed by atoms with van der Waals surface area (Å²) in [4.78, 5) is 18.8. The molecule has 29 heavy (non-hydrogen) atoms. The van der Waals surface area contributed by atoms with Crippen LogP contribution < -0.4 is 14.4 Å². The second kappa shape index (κ2) is 7.75. The van der Waals surface area contributed by atoms with Gasteiger partial charge in [-0.3, -0.25) is 4.79 Å². The monoisotopic (exact) mass is 413 g/mol. The lowest BCUT2D eigenvalue weighted by Crippen LogP contribution is -2.24. The van der Waals surface area contributed by atoms with Gasteiger partial charge in [-0.05, 0) is 42.8 Å². The van der Waals surface area contributed by atoms with Crippen molar-refractivity contribution in [1.82, 2.24) is 10.1 Å². The van der Waals surface area contributed by atoms with E-state index in [1.165, 1.54) is 0 Å². The standard InChI is InChI=1S/C21H20ClN3O4/c1-12-4-6-16(15(22)8-12)25-11-14(10-19(25)26)21-23-20(24-29-21)13-5-7-17(27-2)18(9-13)28-3/h4-9,14H,10-11H2,1-3H3. The summed E-state index contributed by atoms with van der Waals surface area (Å²) in [6.07, 6.45) is 0.289. The van der Waals surface area contributed by atoms with Crippen LogP contribution in [-0.4, -0.2) is 36.8 Å². The lowest BCUT2D eigenvalue weighted by atomic mass is 10.1. The average Bonchev–Trinajstić information content (AvgIpc) is 3.34. The van der Waals surface area contributed by atoms with E-state index >= 15 is 0 Å². The number of ether oxygens (including phenoxy) is 2. The van der Waals surface area contributed by atoms with E-state index in [9.17, 15) is 4.79 Å². The van der Waals surface area contributed by atoms with Crippen molar-refractivity contribution in [2.75, 3.05) is 25.7 Å². The number of methoxy groups -OCH3 is 2. The number of halogens is 1. The Morgan fingerprint density at radius 2 is 1.93 bits per heavy atom. The van der Waals surface area contributed by atoms with E-state index in [4.69, 9.17) is 25.6 Å².